The molecule has 0 amide bonds. The summed E-state index contributed by atoms with van der Waals surface area (Å²) in [5.74, 6) is -0.0114. The molecule has 0 aliphatic carbocycles. The van der Waals surface area contributed by atoms with Crippen molar-refractivity contribution in [1.82, 2.24) is 18.7 Å². The summed E-state index contributed by atoms with van der Waals surface area (Å²) in [5, 5.41) is 3.84. The summed E-state index contributed by atoms with van der Waals surface area (Å²) < 4.78 is 5.06. The summed E-state index contributed by atoms with van der Waals surface area (Å²) in [6, 6.07) is 9.95. The van der Waals surface area contributed by atoms with Crippen LogP contribution in [0.15, 0.2) is 45.3 Å². The first-order valence-electron chi connectivity index (χ1n) is 9.97. The van der Waals surface area contributed by atoms with E-state index >= 15 is 0 Å². The smallest absolute Gasteiger partial charge is 0.331 e. The van der Waals surface area contributed by atoms with Crippen molar-refractivity contribution in [2.24, 2.45) is 14.1 Å². The predicted octanol–water partition coefficient (Wildman–Crippen LogP) is 4.13. The Labute approximate surface area is 182 Å². The zero-order valence-electron chi connectivity index (χ0n) is 16.8. The number of fused-ring (bicyclic) bond motifs is 3. The number of thiazole rings is 1. The van der Waals surface area contributed by atoms with Crippen LogP contribution >= 0.6 is 22.9 Å². The molecule has 0 saturated carbocycles. The lowest BCUT2D eigenvalue weighted by Gasteiger charge is -2.16. The minimum atomic E-state index is -0.319. The first kappa shape index (κ1) is 19.3. The molecule has 1 unspecified atom stereocenters. The van der Waals surface area contributed by atoms with Crippen LogP contribution in [0.4, 0.5) is 0 Å². The summed E-state index contributed by atoms with van der Waals surface area (Å²) in [4.78, 5) is 30.8. The van der Waals surface area contributed by atoms with Crippen LogP contribution in [0, 0.1) is 0 Å². The van der Waals surface area contributed by atoms with Crippen LogP contribution in [0.25, 0.3) is 22.2 Å². The van der Waals surface area contributed by atoms with E-state index in [1.165, 1.54) is 15.9 Å². The number of aryl methyl sites for hydroxylation is 1. The highest BCUT2D eigenvalue weighted by molar-refractivity contribution is 7.10. The summed E-state index contributed by atoms with van der Waals surface area (Å²) >= 11 is 7.69. The molecule has 1 atom stereocenters. The molecule has 6 nitrogen and oxygen atoms in total. The van der Waals surface area contributed by atoms with E-state index in [9.17, 15) is 9.59 Å². The van der Waals surface area contributed by atoms with E-state index in [0.717, 1.165) is 47.8 Å². The molecule has 30 heavy (non-hydrogen) atoms. The molecule has 3 aromatic heterocycles. The Balaban J connectivity index is 1.98. The average molecular weight is 441 g/mol. The van der Waals surface area contributed by atoms with Gasteiger partial charge < -0.3 is 4.57 Å². The molecule has 4 heterocycles. The maximum absolute atomic E-state index is 13.3. The van der Waals surface area contributed by atoms with Gasteiger partial charge in [0, 0.05) is 26.0 Å². The van der Waals surface area contributed by atoms with Crippen LogP contribution in [0.2, 0.25) is 5.15 Å². The highest BCUT2D eigenvalue weighted by Crippen LogP contribution is 2.42. The Morgan fingerprint density at radius 1 is 1.10 bits per heavy atom. The Kier molecular flexibility index (Phi) is 4.67. The Morgan fingerprint density at radius 2 is 1.87 bits per heavy atom. The Bertz CT molecular complexity index is 1380. The molecule has 1 aliphatic rings. The molecule has 0 N–H and O–H groups in total. The second kappa shape index (κ2) is 7.25. The SMILES string of the molecule is Cn1c(=O)c2c(-c3ccccc3)n3c(c2n(C)c1=O)C(c1nc(Cl)cs1)CCCC3. The number of aromatic nitrogens is 4. The number of hydrogen-bond donors (Lipinski definition) is 0. The molecule has 0 spiro atoms. The van der Waals surface area contributed by atoms with E-state index in [0.29, 0.717) is 16.1 Å². The van der Waals surface area contributed by atoms with Crippen molar-refractivity contribution in [3.05, 3.63) is 72.4 Å². The molecule has 0 saturated heterocycles. The van der Waals surface area contributed by atoms with E-state index in [1.807, 2.05) is 35.7 Å². The lowest BCUT2D eigenvalue weighted by Crippen LogP contribution is -2.37. The summed E-state index contributed by atoms with van der Waals surface area (Å²) in [7, 11) is 3.29. The van der Waals surface area contributed by atoms with Crippen molar-refractivity contribution >= 4 is 33.8 Å². The molecule has 154 valence electrons. The first-order chi connectivity index (χ1) is 14.5. The second-order valence-electron chi connectivity index (χ2n) is 7.74. The second-order valence-corrected chi connectivity index (χ2v) is 9.01. The largest absolute Gasteiger partial charge is 0.341 e. The van der Waals surface area contributed by atoms with Crippen molar-refractivity contribution < 1.29 is 0 Å². The molecule has 1 aromatic carbocycles. The number of benzene rings is 1. The fraction of sp³-hybridized carbons (Fsp3) is 0.318. The Hall–Kier alpha value is -2.64. The lowest BCUT2D eigenvalue weighted by molar-refractivity contribution is 0.633. The number of halogens is 1. The molecule has 0 fully saturated rings. The molecule has 0 bridgehead atoms. The van der Waals surface area contributed by atoms with Gasteiger partial charge in [-0.25, -0.2) is 9.78 Å². The normalized spacial score (nSPS) is 16.6. The highest BCUT2D eigenvalue weighted by Gasteiger charge is 2.32. The topological polar surface area (TPSA) is 61.8 Å². The van der Waals surface area contributed by atoms with Crippen molar-refractivity contribution in [2.75, 3.05) is 0 Å². The third-order valence-electron chi connectivity index (χ3n) is 6.00. The van der Waals surface area contributed by atoms with Gasteiger partial charge in [-0.3, -0.25) is 13.9 Å². The van der Waals surface area contributed by atoms with Crippen LogP contribution in [-0.2, 0) is 20.6 Å². The van der Waals surface area contributed by atoms with E-state index in [1.54, 1.807) is 18.7 Å². The summed E-state index contributed by atoms with van der Waals surface area (Å²) in [6.45, 7) is 0.793. The van der Waals surface area contributed by atoms with Crippen molar-refractivity contribution in [3.8, 4) is 11.3 Å². The van der Waals surface area contributed by atoms with Gasteiger partial charge in [0.05, 0.1) is 28.2 Å². The molecular formula is C22H21ClN4O2S. The predicted molar refractivity (Wildman–Crippen MR) is 121 cm³/mol. The minimum Gasteiger partial charge on any atom is -0.341 e. The van der Waals surface area contributed by atoms with Gasteiger partial charge in [-0.05, 0) is 18.4 Å². The van der Waals surface area contributed by atoms with Gasteiger partial charge in [0.1, 0.15) is 10.2 Å². The van der Waals surface area contributed by atoms with Gasteiger partial charge in [0.2, 0.25) is 0 Å². The monoisotopic (exact) mass is 440 g/mol. The van der Waals surface area contributed by atoms with E-state index < -0.39 is 0 Å². The maximum atomic E-state index is 13.3. The van der Waals surface area contributed by atoms with E-state index in [2.05, 4.69) is 9.55 Å². The molecule has 4 aromatic rings. The van der Waals surface area contributed by atoms with Gasteiger partial charge in [-0.2, -0.15) is 0 Å². The highest BCUT2D eigenvalue weighted by atomic mass is 35.5. The fourth-order valence-electron chi connectivity index (χ4n) is 4.64. The fourth-order valence-corrected chi connectivity index (χ4v) is 5.74. The van der Waals surface area contributed by atoms with Gasteiger partial charge in [-0.15, -0.1) is 11.3 Å². The van der Waals surface area contributed by atoms with Crippen LogP contribution < -0.4 is 11.2 Å². The molecule has 1 aliphatic heterocycles. The standard InChI is InChI=1S/C22H21ClN4O2S/c1-25-19-16(21(28)26(2)22(25)29)17(13-8-4-3-5-9-13)27-11-7-6-10-14(18(19)27)20-24-15(23)12-30-20/h3-5,8-9,12,14H,6-7,10-11H2,1-2H3. The number of hydrogen-bond acceptors (Lipinski definition) is 4. The molecular weight excluding hydrogens is 420 g/mol. The maximum Gasteiger partial charge on any atom is 0.331 e. The van der Waals surface area contributed by atoms with Crippen LogP contribution in [0.1, 0.15) is 35.9 Å². The summed E-state index contributed by atoms with van der Waals surface area (Å²) in [5.41, 5.74) is 2.97. The summed E-state index contributed by atoms with van der Waals surface area (Å²) in [6.07, 6.45) is 2.94. The van der Waals surface area contributed by atoms with Gasteiger partial charge in [-0.1, -0.05) is 48.4 Å². The Morgan fingerprint density at radius 3 is 2.57 bits per heavy atom. The van der Waals surface area contributed by atoms with Gasteiger partial charge in [0.15, 0.2) is 0 Å². The van der Waals surface area contributed by atoms with E-state index in [4.69, 9.17) is 11.6 Å². The number of nitrogens with zero attached hydrogens (tertiary/aromatic N) is 4. The van der Waals surface area contributed by atoms with Gasteiger partial charge in [0.25, 0.3) is 5.56 Å². The van der Waals surface area contributed by atoms with Crippen molar-refractivity contribution in [3.63, 3.8) is 0 Å². The zero-order chi connectivity index (χ0) is 21.0. The quantitative estimate of drug-likeness (QED) is 0.470. The molecule has 5 rings (SSSR count). The lowest BCUT2D eigenvalue weighted by atomic mass is 9.99. The van der Waals surface area contributed by atoms with E-state index in [-0.39, 0.29) is 17.2 Å². The first-order valence-corrected chi connectivity index (χ1v) is 11.2. The van der Waals surface area contributed by atoms with Crippen LogP contribution in [0.5, 0.6) is 0 Å². The van der Waals surface area contributed by atoms with Crippen LogP contribution in [0.3, 0.4) is 0 Å². The molecule has 0 radical (unpaired) electrons. The number of rotatable bonds is 2. The van der Waals surface area contributed by atoms with Gasteiger partial charge >= 0.3 is 5.69 Å². The molecule has 8 heteroatoms. The van der Waals surface area contributed by atoms with Crippen molar-refractivity contribution in [1.29, 1.82) is 0 Å². The minimum absolute atomic E-state index is 0.0114. The third-order valence-corrected chi connectivity index (χ3v) is 7.28. The zero-order valence-corrected chi connectivity index (χ0v) is 18.3. The van der Waals surface area contributed by atoms with Crippen LogP contribution in [-0.4, -0.2) is 18.7 Å². The third kappa shape index (κ3) is 2.80. The van der Waals surface area contributed by atoms with Crippen molar-refractivity contribution in [2.45, 2.75) is 31.7 Å². The average Bonchev–Trinajstić information content (AvgIpc) is 3.26.